The average Bonchev–Trinajstić information content (AvgIpc) is 2.81. The molecule has 1 fully saturated rings. The molecule has 2 heterocycles. The van der Waals surface area contributed by atoms with E-state index in [9.17, 15) is 4.79 Å². The van der Waals surface area contributed by atoms with E-state index in [0.29, 0.717) is 16.9 Å². The second kappa shape index (κ2) is 6.52. The van der Waals surface area contributed by atoms with Crippen molar-refractivity contribution >= 4 is 33.4 Å². The highest BCUT2D eigenvalue weighted by Crippen LogP contribution is 2.37. The summed E-state index contributed by atoms with van der Waals surface area (Å²) in [7, 11) is 0. The van der Waals surface area contributed by atoms with E-state index in [0.717, 1.165) is 12.2 Å². The standard InChI is InChI=1S/C14H22BrN3OS/c1-10(2)8-18-13(19)12(15)11(7-17-18)16-9-14(3)5-4-6-20-14/h7,10,16H,4-6,8-9H2,1-3H3. The third-order valence-corrected chi connectivity index (χ3v) is 5.78. The van der Waals surface area contributed by atoms with Gasteiger partial charge in [0.1, 0.15) is 4.47 Å². The van der Waals surface area contributed by atoms with Crippen molar-refractivity contribution in [2.24, 2.45) is 5.92 Å². The first-order valence-electron chi connectivity index (χ1n) is 7.05. The number of hydrogen-bond donors (Lipinski definition) is 1. The molecular formula is C14H22BrN3OS. The van der Waals surface area contributed by atoms with E-state index in [1.54, 1.807) is 6.20 Å². The van der Waals surface area contributed by atoms with Gasteiger partial charge in [0.2, 0.25) is 0 Å². The van der Waals surface area contributed by atoms with Crippen LogP contribution in [0, 0.1) is 5.92 Å². The molecule has 1 aromatic rings. The summed E-state index contributed by atoms with van der Waals surface area (Å²) in [5.74, 6) is 1.63. The van der Waals surface area contributed by atoms with E-state index in [2.05, 4.69) is 47.1 Å². The fraction of sp³-hybridized carbons (Fsp3) is 0.714. The average molecular weight is 360 g/mol. The molecule has 1 unspecified atom stereocenters. The summed E-state index contributed by atoms with van der Waals surface area (Å²) in [6.07, 6.45) is 4.25. The molecule has 0 bridgehead atoms. The number of nitrogens with zero attached hydrogens (tertiary/aromatic N) is 2. The Hall–Kier alpha value is -0.490. The highest BCUT2D eigenvalue weighted by Gasteiger charge is 2.29. The lowest BCUT2D eigenvalue weighted by Crippen LogP contribution is -2.30. The van der Waals surface area contributed by atoms with Crippen LogP contribution in [0.1, 0.15) is 33.6 Å². The fourth-order valence-electron chi connectivity index (χ4n) is 2.32. The molecule has 0 aliphatic carbocycles. The minimum atomic E-state index is -0.0621. The number of anilines is 1. The van der Waals surface area contributed by atoms with Gasteiger partial charge in [-0.25, -0.2) is 4.68 Å². The number of rotatable bonds is 5. The molecule has 0 radical (unpaired) electrons. The molecule has 0 spiro atoms. The summed E-state index contributed by atoms with van der Waals surface area (Å²) in [6, 6.07) is 0. The van der Waals surface area contributed by atoms with Gasteiger partial charge >= 0.3 is 0 Å². The van der Waals surface area contributed by atoms with Gasteiger partial charge in [-0.15, -0.1) is 0 Å². The zero-order valence-corrected chi connectivity index (χ0v) is 14.7. The molecule has 2 rings (SSSR count). The first-order chi connectivity index (χ1) is 9.41. The molecule has 1 aliphatic rings. The normalized spacial score (nSPS) is 22.4. The zero-order valence-electron chi connectivity index (χ0n) is 12.3. The van der Waals surface area contributed by atoms with Gasteiger partial charge in [-0.3, -0.25) is 4.79 Å². The van der Waals surface area contributed by atoms with Gasteiger partial charge in [0.15, 0.2) is 0 Å². The van der Waals surface area contributed by atoms with Crippen LogP contribution in [0.3, 0.4) is 0 Å². The monoisotopic (exact) mass is 359 g/mol. The predicted octanol–water partition coefficient (Wildman–Crippen LogP) is 3.36. The van der Waals surface area contributed by atoms with Gasteiger partial charge in [0, 0.05) is 17.8 Å². The Bertz CT molecular complexity index is 524. The van der Waals surface area contributed by atoms with Gasteiger partial charge in [-0.2, -0.15) is 16.9 Å². The van der Waals surface area contributed by atoms with Crippen LogP contribution < -0.4 is 10.9 Å². The summed E-state index contributed by atoms with van der Waals surface area (Å²) < 4.78 is 2.37. The number of halogens is 1. The maximum atomic E-state index is 12.2. The van der Waals surface area contributed by atoms with Crippen molar-refractivity contribution in [3.05, 3.63) is 21.0 Å². The Labute approximate surface area is 132 Å². The van der Waals surface area contributed by atoms with Crippen molar-refractivity contribution in [2.45, 2.75) is 44.9 Å². The summed E-state index contributed by atoms with van der Waals surface area (Å²) in [4.78, 5) is 12.2. The minimum Gasteiger partial charge on any atom is -0.381 e. The van der Waals surface area contributed by atoms with Crippen molar-refractivity contribution in [1.29, 1.82) is 0 Å². The lowest BCUT2D eigenvalue weighted by Gasteiger charge is -2.23. The molecule has 1 aromatic heterocycles. The lowest BCUT2D eigenvalue weighted by atomic mass is 10.1. The van der Waals surface area contributed by atoms with E-state index >= 15 is 0 Å². The van der Waals surface area contributed by atoms with Gasteiger partial charge in [-0.1, -0.05) is 13.8 Å². The van der Waals surface area contributed by atoms with Crippen LogP contribution in [-0.2, 0) is 6.54 Å². The Morgan fingerprint density at radius 3 is 2.95 bits per heavy atom. The topological polar surface area (TPSA) is 46.9 Å². The van der Waals surface area contributed by atoms with Gasteiger partial charge in [-0.05, 0) is 47.4 Å². The maximum Gasteiger partial charge on any atom is 0.283 e. The third kappa shape index (κ3) is 3.79. The molecule has 6 heteroatoms. The molecule has 0 amide bonds. The van der Waals surface area contributed by atoms with E-state index in [1.165, 1.54) is 23.3 Å². The summed E-state index contributed by atoms with van der Waals surface area (Å²) in [5, 5.41) is 7.63. The van der Waals surface area contributed by atoms with E-state index in [-0.39, 0.29) is 10.3 Å². The van der Waals surface area contributed by atoms with Gasteiger partial charge < -0.3 is 5.32 Å². The summed E-state index contributed by atoms with van der Waals surface area (Å²) in [6.45, 7) is 7.94. The number of aromatic nitrogens is 2. The Morgan fingerprint density at radius 1 is 1.60 bits per heavy atom. The van der Waals surface area contributed by atoms with Crippen molar-refractivity contribution in [1.82, 2.24) is 9.78 Å². The fourth-order valence-corrected chi connectivity index (χ4v) is 4.01. The minimum absolute atomic E-state index is 0.0621. The molecular weight excluding hydrogens is 338 g/mol. The van der Waals surface area contributed by atoms with Gasteiger partial charge in [0.05, 0.1) is 11.9 Å². The Balaban J connectivity index is 2.09. The van der Waals surface area contributed by atoms with Crippen LogP contribution in [0.5, 0.6) is 0 Å². The van der Waals surface area contributed by atoms with Crippen molar-refractivity contribution in [3.63, 3.8) is 0 Å². The van der Waals surface area contributed by atoms with E-state index < -0.39 is 0 Å². The molecule has 1 N–H and O–H groups in total. The number of nitrogens with one attached hydrogen (secondary N) is 1. The highest BCUT2D eigenvalue weighted by molar-refractivity contribution is 9.10. The SMILES string of the molecule is CC(C)Cn1ncc(NCC2(C)CCCS2)c(Br)c1=O. The van der Waals surface area contributed by atoms with E-state index in [1.807, 2.05) is 11.8 Å². The lowest BCUT2D eigenvalue weighted by molar-refractivity contribution is 0.462. The number of thioether (sulfide) groups is 1. The van der Waals surface area contributed by atoms with E-state index in [4.69, 9.17) is 0 Å². The van der Waals surface area contributed by atoms with Crippen LogP contribution >= 0.6 is 27.7 Å². The van der Waals surface area contributed by atoms with Crippen LogP contribution in [0.15, 0.2) is 15.5 Å². The van der Waals surface area contributed by atoms with Crippen LogP contribution in [0.4, 0.5) is 5.69 Å². The quantitative estimate of drug-likeness (QED) is 0.875. The van der Waals surface area contributed by atoms with Crippen molar-refractivity contribution in [2.75, 3.05) is 17.6 Å². The highest BCUT2D eigenvalue weighted by atomic mass is 79.9. The summed E-state index contributed by atoms with van der Waals surface area (Å²) >= 11 is 5.41. The van der Waals surface area contributed by atoms with Crippen LogP contribution in [0.2, 0.25) is 0 Å². The molecule has 4 nitrogen and oxygen atoms in total. The Kier molecular flexibility index (Phi) is 5.18. The predicted molar refractivity (Wildman–Crippen MR) is 89.6 cm³/mol. The molecule has 1 saturated heterocycles. The van der Waals surface area contributed by atoms with Crippen LogP contribution in [0.25, 0.3) is 0 Å². The molecule has 20 heavy (non-hydrogen) atoms. The molecule has 1 atom stereocenters. The summed E-state index contributed by atoms with van der Waals surface area (Å²) in [5.41, 5.74) is 0.733. The largest absolute Gasteiger partial charge is 0.381 e. The molecule has 112 valence electrons. The second-order valence-corrected chi connectivity index (χ2v) is 8.48. The smallest absolute Gasteiger partial charge is 0.283 e. The van der Waals surface area contributed by atoms with Crippen molar-refractivity contribution < 1.29 is 0 Å². The molecule has 0 saturated carbocycles. The van der Waals surface area contributed by atoms with Crippen LogP contribution in [-0.4, -0.2) is 26.8 Å². The molecule has 1 aliphatic heterocycles. The third-order valence-electron chi connectivity index (χ3n) is 3.48. The second-order valence-electron chi connectivity index (χ2n) is 6.01. The zero-order chi connectivity index (χ0) is 14.8. The molecule has 0 aromatic carbocycles. The number of hydrogen-bond acceptors (Lipinski definition) is 4. The van der Waals surface area contributed by atoms with Crippen molar-refractivity contribution in [3.8, 4) is 0 Å². The first-order valence-corrected chi connectivity index (χ1v) is 8.82. The maximum absolute atomic E-state index is 12.2. The van der Waals surface area contributed by atoms with Gasteiger partial charge in [0.25, 0.3) is 5.56 Å². The first kappa shape index (κ1) is 15.9. The Morgan fingerprint density at radius 2 is 2.35 bits per heavy atom.